The highest BCUT2D eigenvalue weighted by Gasteiger charge is 2.34. The Balaban J connectivity index is 0.000000234. The molecule has 0 aliphatic carbocycles. The Morgan fingerprint density at radius 3 is 1.16 bits per heavy atom. The number of ether oxygens (including phenoxy) is 2. The number of nitrogens with one attached hydrogen (secondary N) is 2. The second-order valence-corrected chi connectivity index (χ2v) is 16.9. The van der Waals surface area contributed by atoms with Gasteiger partial charge in [-0.3, -0.25) is 19.2 Å². The number of likely N-dealkylation sites (N-methyl/N-ethyl adjacent to an activating group) is 2. The fourth-order valence-corrected chi connectivity index (χ4v) is 7.99. The molecule has 2 heterocycles. The molecule has 0 saturated carbocycles. The minimum absolute atomic E-state index is 0.0548. The Hall–Kier alpha value is -6.16. The van der Waals surface area contributed by atoms with E-state index in [0.717, 1.165) is 11.1 Å². The Labute approximate surface area is 368 Å². The van der Waals surface area contributed by atoms with E-state index in [2.05, 4.69) is 34.9 Å². The molecule has 4 aromatic carbocycles. The first-order valence-electron chi connectivity index (χ1n) is 21.8. The summed E-state index contributed by atoms with van der Waals surface area (Å²) in [5.41, 5.74) is 3.02. The SMILES string of the molecule is CC(C)[C@H]1C(=O)N[C@@H](c2ccccc2)C/C=C/C[C@H](C)Oc2ccccc2C(=O)N1C.CC(C)[C@H]1C(=O)N[C@@H](c2ccccc2)C/C=C\C[C@H](C)Oc2ccccc2C(=O)N1C. The molecule has 10 nitrogen and oxygen atoms in total. The molecule has 6 rings (SSSR count). The molecule has 0 unspecified atom stereocenters. The number of benzene rings is 4. The molecule has 0 fully saturated rings. The lowest BCUT2D eigenvalue weighted by Crippen LogP contribution is -2.51. The summed E-state index contributed by atoms with van der Waals surface area (Å²) in [6, 6.07) is 32.8. The lowest BCUT2D eigenvalue weighted by atomic mass is 9.98. The quantitative estimate of drug-likeness (QED) is 0.198. The number of para-hydroxylation sites is 2. The van der Waals surface area contributed by atoms with Gasteiger partial charge < -0.3 is 29.9 Å². The van der Waals surface area contributed by atoms with Gasteiger partial charge in [0.1, 0.15) is 23.6 Å². The number of rotatable bonds is 4. The summed E-state index contributed by atoms with van der Waals surface area (Å²) in [6.07, 6.45) is 10.9. The van der Waals surface area contributed by atoms with E-state index in [1.807, 2.05) is 139 Å². The first-order valence-corrected chi connectivity index (χ1v) is 21.8. The van der Waals surface area contributed by atoms with Crippen LogP contribution in [0.2, 0.25) is 0 Å². The Morgan fingerprint density at radius 1 is 0.484 bits per heavy atom. The predicted octanol–water partition coefficient (Wildman–Crippen LogP) is 9.52. The zero-order valence-corrected chi connectivity index (χ0v) is 37.5. The molecule has 62 heavy (non-hydrogen) atoms. The topological polar surface area (TPSA) is 117 Å². The van der Waals surface area contributed by atoms with Gasteiger partial charge in [-0.2, -0.15) is 0 Å². The molecule has 2 N–H and O–H groups in total. The van der Waals surface area contributed by atoms with Crippen molar-refractivity contribution in [1.29, 1.82) is 0 Å². The lowest BCUT2D eigenvalue weighted by Gasteiger charge is -2.32. The molecule has 6 atom stereocenters. The van der Waals surface area contributed by atoms with Gasteiger partial charge in [0, 0.05) is 26.9 Å². The van der Waals surface area contributed by atoms with E-state index in [0.29, 0.717) is 48.3 Å². The maximum absolute atomic E-state index is 13.4. The van der Waals surface area contributed by atoms with Crippen LogP contribution in [0, 0.1) is 11.8 Å². The van der Waals surface area contributed by atoms with Gasteiger partial charge in [-0.25, -0.2) is 0 Å². The van der Waals surface area contributed by atoms with Crippen LogP contribution in [-0.4, -0.2) is 71.8 Å². The number of nitrogens with zero attached hydrogens (tertiary/aromatic N) is 2. The van der Waals surface area contributed by atoms with Crippen LogP contribution in [0.25, 0.3) is 0 Å². The Bertz CT molecular complexity index is 2000. The summed E-state index contributed by atoms with van der Waals surface area (Å²) >= 11 is 0. The minimum Gasteiger partial charge on any atom is -0.490 e. The van der Waals surface area contributed by atoms with Crippen LogP contribution < -0.4 is 20.1 Å². The largest absolute Gasteiger partial charge is 0.490 e. The maximum Gasteiger partial charge on any atom is 0.258 e. The average Bonchev–Trinajstić information content (AvgIpc) is 3.25. The minimum atomic E-state index is -0.601. The molecule has 10 heteroatoms. The molecule has 4 aromatic rings. The van der Waals surface area contributed by atoms with Crippen LogP contribution in [0.1, 0.15) is 111 Å². The molecule has 0 spiro atoms. The molecule has 2 aliphatic heterocycles. The van der Waals surface area contributed by atoms with Crippen LogP contribution in [0.15, 0.2) is 133 Å². The molecule has 0 radical (unpaired) electrons. The van der Waals surface area contributed by atoms with Crippen LogP contribution in [0.4, 0.5) is 0 Å². The summed E-state index contributed by atoms with van der Waals surface area (Å²) in [5, 5.41) is 6.38. The van der Waals surface area contributed by atoms with E-state index in [4.69, 9.17) is 9.47 Å². The number of carbonyl (C=O) groups is 4. The predicted molar refractivity (Wildman–Crippen MR) is 246 cm³/mol. The zero-order valence-electron chi connectivity index (χ0n) is 37.5. The normalized spacial score (nSPS) is 24.0. The third-order valence-corrected chi connectivity index (χ3v) is 11.2. The van der Waals surface area contributed by atoms with Crippen molar-refractivity contribution in [3.63, 3.8) is 0 Å². The van der Waals surface area contributed by atoms with Gasteiger partial charge in [-0.1, -0.05) is 137 Å². The average molecular weight is 841 g/mol. The number of carbonyl (C=O) groups excluding carboxylic acids is 4. The Morgan fingerprint density at radius 2 is 0.806 bits per heavy atom. The molecular formula is C52H64N4O6. The van der Waals surface area contributed by atoms with E-state index >= 15 is 0 Å². The smallest absolute Gasteiger partial charge is 0.258 e. The third-order valence-electron chi connectivity index (χ3n) is 11.2. The van der Waals surface area contributed by atoms with Crippen molar-refractivity contribution >= 4 is 23.6 Å². The highest BCUT2D eigenvalue weighted by molar-refractivity contribution is 6.00. The van der Waals surface area contributed by atoms with Crippen LogP contribution in [-0.2, 0) is 9.59 Å². The van der Waals surface area contributed by atoms with E-state index in [-0.39, 0.29) is 59.8 Å². The van der Waals surface area contributed by atoms with E-state index < -0.39 is 12.1 Å². The van der Waals surface area contributed by atoms with Crippen molar-refractivity contribution in [3.05, 3.63) is 156 Å². The fraction of sp³-hybridized carbons (Fsp3) is 0.385. The molecule has 328 valence electrons. The molecule has 4 amide bonds. The summed E-state index contributed by atoms with van der Waals surface area (Å²) in [5.74, 6) is 0.223. The number of hydrogen-bond acceptors (Lipinski definition) is 6. The van der Waals surface area contributed by atoms with Gasteiger partial charge in [-0.15, -0.1) is 0 Å². The summed E-state index contributed by atoms with van der Waals surface area (Å²) in [6.45, 7) is 11.8. The van der Waals surface area contributed by atoms with Crippen molar-refractivity contribution in [2.24, 2.45) is 11.8 Å². The third kappa shape index (κ3) is 12.5. The standard InChI is InChI=1S/2C26H32N2O3/c2*1-18(2)24-25(29)27-22(20-13-6-5-7-14-20)16-10-8-12-19(3)31-23-17-11-9-15-21(23)26(30)28(24)4/h2*5-11,13-15,17-19,22,24H,12,16H2,1-4H3,(H,27,29)/b10-8+;10-8-/t2*19-,22+,24-/m00/s1. The summed E-state index contributed by atoms with van der Waals surface area (Å²) in [7, 11) is 3.38. The summed E-state index contributed by atoms with van der Waals surface area (Å²) in [4.78, 5) is 56.6. The second-order valence-electron chi connectivity index (χ2n) is 16.9. The Kier molecular flexibility index (Phi) is 17.1. The van der Waals surface area contributed by atoms with Crippen LogP contribution in [0.3, 0.4) is 0 Å². The molecule has 0 saturated heterocycles. The van der Waals surface area contributed by atoms with Crippen molar-refractivity contribution in [3.8, 4) is 11.5 Å². The van der Waals surface area contributed by atoms with Crippen molar-refractivity contribution in [1.82, 2.24) is 20.4 Å². The van der Waals surface area contributed by atoms with Crippen LogP contribution >= 0.6 is 0 Å². The van der Waals surface area contributed by atoms with Crippen LogP contribution in [0.5, 0.6) is 11.5 Å². The second kappa shape index (κ2) is 22.6. The van der Waals surface area contributed by atoms with Gasteiger partial charge in [0.2, 0.25) is 11.8 Å². The lowest BCUT2D eigenvalue weighted by molar-refractivity contribution is -0.128. The van der Waals surface area contributed by atoms with Crippen molar-refractivity contribution < 1.29 is 28.7 Å². The molecule has 0 aromatic heterocycles. The van der Waals surface area contributed by atoms with E-state index in [1.165, 1.54) is 9.80 Å². The number of fused-ring (bicyclic) bond motifs is 2. The van der Waals surface area contributed by atoms with Crippen molar-refractivity contribution in [2.75, 3.05) is 14.1 Å². The van der Waals surface area contributed by atoms with Gasteiger partial charge >= 0.3 is 0 Å². The van der Waals surface area contributed by atoms with Gasteiger partial charge in [0.25, 0.3) is 11.8 Å². The highest BCUT2D eigenvalue weighted by atomic mass is 16.5. The maximum atomic E-state index is 13.4. The molecular weight excluding hydrogens is 777 g/mol. The molecule has 0 bridgehead atoms. The van der Waals surface area contributed by atoms with E-state index in [1.54, 1.807) is 26.2 Å². The fourth-order valence-electron chi connectivity index (χ4n) is 7.99. The van der Waals surface area contributed by atoms with Gasteiger partial charge in [0.15, 0.2) is 0 Å². The number of amides is 4. The monoisotopic (exact) mass is 840 g/mol. The van der Waals surface area contributed by atoms with Gasteiger partial charge in [-0.05, 0) is 73.9 Å². The van der Waals surface area contributed by atoms with E-state index in [9.17, 15) is 19.2 Å². The van der Waals surface area contributed by atoms with Crippen molar-refractivity contribution in [2.45, 2.75) is 104 Å². The molecule has 2 aliphatic rings. The first-order chi connectivity index (χ1) is 29.8. The summed E-state index contributed by atoms with van der Waals surface area (Å²) < 4.78 is 12.2. The highest BCUT2D eigenvalue weighted by Crippen LogP contribution is 2.28. The zero-order chi connectivity index (χ0) is 44.8. The number of hydrogen-bond donors (Lipinski definition) is 2. The van der Waals surface area contributed by atoms with Gasteiger partial charge in [0.05, 0.1) is 35.4 Å². The first kappa shape index (κ1) is 46.9.